The van der Waals surface area contributed by atoms with Crippen LogP contribution in [0, 0.1) is 5.92 Å². The van der Waals surface area contributed by atoms with Gasteiger partial charge in [-0.1, -0.05) is 31.3 Å². The molecule has 112 valence electrons. The van der Waals surface area contributed by atoms with Crippen LogP contribution in [0.4, 0.5) is 0 Å². The van der Waals surface area contributed by atoms with Crippen LogP contribution in [-0.4, -0.2) is 16.2 Å². The molecule has 0 saturated heterocycles. The number of hydrogen-bond donors (Lipinski definition) is 1. The molecule has 4 heteroatoms. The lowest BCUT2D eigenvalue weighted by Crippen LogP contribution is -2.25. The molecule has 1 aromatic heterocycles. The molecule has 2 fully saturated rings. The van der Waals surface area contributed by atoms with E-state index in [1.165, 1.54) is 57.8 Å². The Kier molecular flexibility index (Phi) is 4.71. The molecule has 0 atom stereocenters. The standard InChI is InChI=1S/C16H27N3O/c1-2-12-7-9-13(10-8-12)16-18-15(20-19-16)11-17-14-5-3-4-6-14/h12-14,17H,2-11H2,1H3. The second-order valence-corrected chi connectivity index (χ2v) is 6.53. The topological polar surface area (TPSA) is 51.0 Å². The molecule has 3 rings (SSSR count). The van der Waals surface area contributed by atoms with E-state index in [9.17, 15) is 0 Å². The summed E-state index contributed by atoms with van der Waals surface area (Å²) in [4.78, 5) is 4.61. The van der Waals surface area contributed by atoms with Crippen molar-refractivity contribution in [2.24, 2.45) is 5.92 Å². The van der Waals surface area contributed by atoms with Gasteiger partial charge < -0.3 is 9.84 Å². The maximum absolute atomic E-state index is 5.41. The molecule has 2 aliphatic carbocycles. The van der Waals surface area contributed by atoms with E-state index in [0.29, 0.717) is 12.0 Å². The quantitative estimate of drug-likeness (QED) is 0.889. The van der Waals surface area contributed by atoms with Gasteiger partial charge in [0.2, 0.25) is 5.89 Å². The summed E-state index contributed by atoms with van der Waals surface area (Å²) >= 11 is 0. The van der Waals surface area contributed by atoms with Gasteiger partial charge in [-0.2, -0.15) is 4.98 Å². The normalized spacial score (nSPS) is 28.1. The molecule has 0 aliphatic heterocycles. The first-order valence-electron chi connectivity index (χ1n) is 8.41. The molecule has 2 aliphatic rings. The van der Waals surface area contributed by atoms with E-state index in [1.54, 1.807) is 0 Å². The van der Waals surface area contributed by atoms with Crippen molar-refractivity contribution >= 4 is 0 Å². The zero-order valence-electron chi connectivity index (χ0n) is 12.6. The summed E-state index contributed by atoms with van der Waals surface area (Å²) in [5, 5.41) is 7.74. The smallest absolute Gasteiger partial charge is 0.240 e. The van der Waals surface area contributed by atoms with Crippen LogP contribution in [0.2, 0.25) is 0 Å². The van der Waals surface area contributed by atoms with E-state index in [4.69, 9.17) is 4.52 Å². The lowest BCUT2D eigenvalue weighted by Gasteiger charge is -2.25. The van der Waals surface area contributed by atoms with E-state index < -0.39 is 0 Å². The number of hydrogen-bond acceptors (Lipinski definition) is 4. The third-order valence-corrected chi connectivity index (χ3v) is 5.17. The van der Waals surface area contributed by atoms with Crippen LogP contribution in [0.1, 0.15) is 82.3 Å². The van der Waals surface area contributed by atoms with Gasteiger partial charge in [0.05, 0.1) is 6.54 Å². The van der Waals surface area contributed by atoms with Crippen molar-refractivity contribution in [1.29, 1.82) is 0 Å². The lowest BCUT2D eigenvalue weighted by atomic mass is 9.80. The maximum atomic E-state index is 5.41. The fourth-order valence-corrected chi connectivity index (χ4v) is 3.70. The van der Waals surface area contributed by atoms with Crippen LogP contribution in [0.3, 0.4) is 0 Å². The number of nitrogens with zero attached hydrogens (tertiary/aromatic N) is 2. The van der Waals surface area contributed by atoms with Crippen molar-refractivity contribution in [3.63, 3.8) is 0 Å². The lowest BCUT2D eigenvalue weighted by molar-refractivity contribution is 0.302. The molecule has 0 radical (unpaired) electrons. The summed E-state index contributed by atoms with van der Waals surface area (Å²) in [6.45, 7) is 3.04. The predicted molar refractivity (Wildman–Crippen MR) is 78.4 cm³/mol. The monoisotopic (exact) mass is 277 g/mol. The van der Waals surface area contributed by atoms with Gasteiger partial charge >= 0.3 is 0 Å². The summed E-state index contributed by atoms with van der Waals surface area (Å²) in [6, 6.07) is 0.658. The van der Waals surface area contributed by atoms with Crippen molar-refractivity contribution in [2.45, 2.75) is 83.2 Å². The van der Waals surface area contributed by atoms with E-state index in [0.717, 1.165) is 24.2 Å². The Morgan fingerprint density at radius 2 is 1.85 bits per heavy atom. The highest BCUT2D eigenvalue weighted by molar-refractivity contribution is 4.97. The Bertz CT molecular complexity index is 404. The van der Waals surface area contributed by atoms with Crippen LogP contribution in [0.25, 0.3) is 0 Å². The highest BCUT2D eigenvalue weighted by atomic mass is 16.5. The van der Waals surface area contributed by atoms with E-state index in [1.807, 2.05) is 0 Å². The van der Waals surface area contributed by atoms with Crippen molar-refractivity contribution in [3.05, 3.63) is 11.7 Å². The molecule has 1 aromatic rings. The number of rotatable bonds is 5. The van der Waals surface area contributed by atoms with Gasteiger partial charge in [-0.25, -0.2) is 0 Å². The molecule has 0 spiro atoms. The van der Waals surface area contributed by atoms with Gasteiger partial charge in [0.15, 0.2) is 5.82 Å². The molecule has 0 aromatic carbocycles. The first kappa shape index (κ1) is 14.1. The first-order chi connectivity index (χ1) is 9.85. The van der Waals surface area contributed by atoms with Crippen LogP contribution < -0.4 is 5.32 Å². The largest absolute Gasteiger partial charge is 0.338 e. The summed E-state index contributed by atoms with van der Waals surface area (Å²) in [7, 11) is 0. The molecular formula is C16H27N3O. The second-order valence-electron chi connectivity index (χ2n) is 6.53. The fraction of sp³-hybridized carbons (Fsp3) is 0.875. The average Bonchev–Trinajstić information content (AvgIpc) is 3.17. The summed E-state index contributed by atoms with van der Waals surface area (Å²) in [6.07, 6.45) is 11.7. The Morgan fingerprint density at radius 3 is 2.55 bits per heavy atom. The molecule has 4 nitrogen and oxygen atoms in total. The van der Waals surface area contributed by atoms with Crippen LogP contribution >= 0.6 is 0 Å². The van der Waals surface area contributed by atoms with Gasteiger partial charge in [-0.15, -0.1) is 0 Å². The Hall–Kier alpha value is -0.900. The van der Waals surface area contributed by atoms with E-state index >= 15 is 0 Å². The Balaban J connectivity index is 1.49. The zero-order chi connectivity index (χ0) is 13.8. The van der Waals surface area contributed by atoms with E-state index in [-0.39, 0.29) is 0 Å². The van der Waals surface area contributed by atoms with Crippen molar-refractivity contribution < 1.29 is 4.52 Å². The molecule has 20 heavy (non-hydrogen) atoms. The van der Waals surface area contributed by atoms with Gasteiger partial charge in [0.1, 0.15) is 0 Å². The number of nitrogens with one attached hydrogen (secondary N) is 1. The fourth-order valence-electron chi connectivity index (χ4n) is 3.70. The molecule has 2 saturated carbocycles. The molecule has 0 unspecified atom stereocenters. The summed E-state index contributed by atoms with van der Waals surface area (Å²) in [5.41, 5.74) is 0. The van der Waals surface area contributed by atoms with Crippen LogP contribution in [0.5, 0.6) is 0 Å². The molecule has 0 amide bonds. The number of aromatic nitrogens is 2. The minimum absolute atomic E-state index is 0.529. The minimum atomic E-state index is 0.529. The van der Waals surface area contributed by atoms with Gasteiger partial charge in [-0.3, -0.25) is 0 Å². The average molecular weight is 277 g/mol. The molecular weight excluding hydrogens is 250 g/mol. The molecule has 1 heterocycles. The van der Waals surface area contributed by atoms with Gasteiger partial charge in [0, 0.05) is 12.0 Å². The molecule has 0 bridgehead atoms. The minimum Gasteiger partial charge on any atom is -0.338 e. The van der Waals surface area contributed by atoms with Crippen LogP contribution in [-0.2, 0) is 6.54 Å². The Labute approximate surface area is 121 Å². The maximum Gasteiger partial charge on any atom is 0.240 e. The highest BCUT2D eigenvalue weighted by Crippen LogP contribution is 2.35. The summed E-state index contributed by atoms with van der Waals surface area (Å²) < 4.78 is 5.41. The third kappa shape index (κ3) is 3.40. The van der Waals surface area contributed by atoms with Crippen molar-refractivity contribution in [3.8, 4) is 0 Å². The SMILES string of the molecule is CCC1CCC(c2noc(CNC3CCCC3)n2)CC1. The van der Waals surface area contributed by atoms with Crippen molar-refractivity contribution in [2.75, 3.05) is 0 Å². The Morgan fingerprint density at radius 1 is 1.10 bits per heavy atom. The second kappa shape index (κ2) is 6.70. The summed E-state index contributed by atoms with van der Waals surface area (Å²) in [5.74, 6) is 3.16. The van der Waals surface area contributed by atoms with Gasteiger partial charge in [0.25, 0.3) is 0 Å². The zero-order valence-corrected chi connectivity index (χ0v) is 12.6. The van der Waals surface area contributed by atoms with Crippen LogP contribution in [0.15, 0.2) is 4.52 Å². The van der Waals surface area contributed by atoms with Crippen molar-refractivity contribution in [1.82, 2.24) is 15.5 Å². The first-order valence-corrected chi connectivity index (χ1v) is 8.41. The predicted octanol–water partition coefficient (Wildman–Crippen LogP) is 3.79. The third-order valence-electron chi connectivity index (χ3n) is 5.17. The highest BCUT2D eigenvalue weighted by Gasteiger charge is 2.25. The van der Waals surface area contributed by atoms with E-state index in [2.05, 4.69) is 22.4 Å². The van der Waals surface area contributed by atoms with Gasteiger partial charge in [-0.05, 0) is 44.4 Å². The molecule has 1 N–H and O–H groups in total.